The molecule has 0 saturated carbocycles. The van der Waals surface area contributed by atoms with E-state index in [2.05, 4.69) is 15.2 Å². The lowest BCUT2D eigenvalue weighted by molar-refractivity contribution is 0.0985. The van der Waals surface area contributed by atoms with Gasteiger partial charge in [-0.25, -0.2) is 4.99 Å². The van der Waals surface area contributed by atoms with Gasteiger partial charge in [0.1, 0.15) is 5.69 Å². The molecule has 4 aromatic heterocycles. The highest BCUT2D eigenvalue weighted by Crippen LogP contribution is 2.20. The Morgan fingerprint density at radius 1 is 0.833 bits per heavy atom. The summed E-state index contributed by atoms with van der Waals surface area (Å²) < 4.78 is 11.3. The Morgan fingerprint density at radius 3 is 2.17 bits per heavy atom. The molecule has 0 spiro atoms. The normalized spacial score (nSPS) is 13.6. The second kappa shape index (κ2) is 13.5. The molecule has 2 N–H and O–H groups in total. The third-order valence-corrected chi connectivity index (χ3v) is 8.62. The van der Waals surface area contributed by atoms with E-state index in [0.29, 0.717) is 48.8 Å². The predicted octanol–water partition coefficient (Wildman–Crippen LogP) is 3.40. The first-order chi connectivity index (χ1) is 23.2. The summed E-state index contributed by atoms with van der Waals surface area (Å²) in [4.78, 5) is 22.8. The molecule has 0 aliphatic rings. The molecule has 1 amide bonds. The molecule has 1 unspecified atom stereocenters. The molecule has 6 rings (SSSR count). The number of aliphatic hydroxyl groups excluding tert-OH is 2. The fraction of sp³-hybridized carbons (Fsp3) is 0.343. The smallest absolute Gasteiger partial charge is 0.298 e. The van der Waals surface area contributed by atoms with Crippen LogP contribution in [0.1, 0.15) is 53.2 Å². The molecule has 0 aliphatic carbocycles. The van der Waals surface area contributed by atoms with Crippen LogP contribution in [0.5, 0.6) is 0 Å². The monoisotopic (exact) mass is 650 g/mol. The highest BCUT2D eigenvalue weighted by Gasteiger charge is 2.18. The van der Waals surface area contributed by atoms with Crippen molar-refractivity contribution in [1.82, 2.24) is 37.8 Å². The number of fused-ring (bicyclic) bond motifs is 2. The van der Waals surface area contributed by atoms with E-state index < -0.39 is 6.23 Å². The zero-order chi connectivity index (χ0) is 34.1. The number of rotatable bonds is 10. The molecule has 1 atom stereocenters. The minimum absolute atomic E-state index is 0.143. The van der Waals surface area contributed by atoms with Gasteiger partial charge in [-0.15, -0.1) is 0 Å². The molecule has 0 bridgehead atoms. The summed E-state index contributed by atoms with van der Waals surface area (Å²) in [5, 5.41) is 30.4. The highest BCUT2D eigenvalue weighted by molar-refractivity contribution is 5.93. The molecule has 0 saturated heterocycles. The zero-order valence-electron chi connectivity index (χ0n) is 28.2. The molecular weight excluding hydrogens is 608 g/mol. The third kappa shape index (κ3) is 5.86. The van der Waals surface area contributed by atoms with Gasteiger partial charge in [-0.3, -0.25) is 14.2 Å². The second-order valence-electron chi connectivity index (χ2n) is 11.8. The van der Waals surface area contributed by atoms with Crippen LogP contribution >= 0.6 is 0 Å². The van der Waals surface area contributed by atoms with Crippen LogP contribution in [0.3, 0.4) is 0 Å². The number of aliphatic hydroxyl groups is 2. The number of hydrogen-bond acceptors (Lipinski definition) is 6. The van der Waals surface area contributed by atoms with Crippen LogP contribution in [0.25, 0.3) is 22.1 Å². The number of allylic oxidation sites excluding steroid dienone is 2. The number of para-hydroxylation sites is 3. The van der Waals surface area contributed by atoms with E-state index in [1.54, 1.807) is 15.4 Å². The summed E-state index contributed by atoms with van der Waals surface area (Å²) in [5.41, 5.74) is 8.07. The summed E-state index contributed by atoms with van der Waals surface area (Å²) in [6.07, 6.45) is 2.91. The van der Waals surface area contributed by atoms with Crippen LogP contribution in [-0.4, -0.2) is 53.9 Å². The molecule has 13 nitrogen and oxygen atoms in total. The van der Waals surface area contributed by atoms with Gasteiger partial charge in [-0.2, -0.15) is 15.2 Å². The van der Waals surface area contributed by atoms with Crippen molar-refractivity contribution in [2.24, 2.45) is 24.1 Å². The zero-order valence-corrected chi connectivity index (χ0v) is 28.2. The highest BCUT2D eigenvalue weighted by atomic mass is 16.3. The summed E-state index contributed by atoms with van der Waals surface area (Å²) in [6, 6.07) is 17.3. The molecule has 48 heavy (non-hydrogen) atoms. The molecule has 0 fully saturated rings. The minimum Gasteiger partial charge on any atom is -0.392 e. The lowest BCUT2D eigenvalue weighted by Gasteiger charge is -2.09. The van der Waals surface area contributed by atoms with E-state index in [1.807, 2.05) is 121 Å². The van der Waals surface area contributed by atoms with Crippen molar-refractivity contribution in [3.8, 4) is 0 Å². The Labute approximate surface area is 277 Å². The van der Waals surface area contributed by atoms with E-state index >= 15 is 0 Å². The Balaban J connectivity index is 1.40. The van der Waals surface area contributed by atoms with Gasteiger partial charge >= 0.3 is 0 Å². The van der Waals surface area contributed by atoms with Crippen molar-refractivity contribution in [3.63, 3.8) is 0 Å². The molecule has 4 heterocycles. The predicted molar refractivity (Wildman–Crippen MR) is 183 cm³/mol. The topological polar surface area (TPSA) is 138 Å². The average Bonchev–Trinajstić information content (AvgIpc) is 3.81. The van der Waals surface area contributed by atoms with Crippen LogP contribution in [0.15, 0.2) is 76.7 Å². The first-order valence-electron chi connectivity index (χ1n) is 16.1. The Bertz CT molecular complexity index is 2300. The summed E-state index contributed by atoms with van der Waals surface area (Å²) in [5.74, 6) is -0.353. The van der Waals surface area contributed by atoms with Crippen LogP contribution in [-0.2, 0) is 46.9 Å². The molecule has 0 radical (unpaired) electrons. The van der Waals surface area contributed by atoms with Crippen LogP contribution in [0, 0.1) is 13.8 Å². The lowest BCUT2D eigenvalue weighted by Crippen LogP contribution is -2.27. The van der Waals surface area contributed by atoms with Gasteiger partial charge < -0.3 is 28.5 Å². The number of carbonyl (C=O) groups excluding carboxylic acids is 1. The fourth-order valence-electron chi connectivity index (χ4n) is 6.36. The third-order valence-electron chi connectivity index (χ3n) is 8.62. The number of carbonyl (C=O) groups is 1. The van der Waals surface area contributed by atoms with Crippen molar-refractivity contribution in [2.45, 2.75) is 66.7 Å². The maximum absolute atomic E-state index is 13.4. The van der Waals surface area contributed by atoms with Gasteiger partial charge in [0, 0.05) is 45.8 Å². The average molecular weight is 651 g/mol. The number of hydrogen-bond donors (Lipinski definition) is 2. The first kappa shape index (κ1) is 32.7. The van der Waals surface area contributed by atoms with Gasteiger partial charge in [0.2, 0.25) is 11.2 Å². The van der Waals surface area contributed by atoms with Crippen molar-refractivity contribution in [3.05, 3.63) is 106 Å². The van der Waals surface area contributed by atoms with Crippen LogP contribution < -0.4 is 11.2 Å². The van der Waals surface area contributed by atoms with E-state index in [9.17, 15) is 15.0 Å². The fourth-order valence-corrected chi connectivity index (χ4v) is 6.36. The van der Waals surface area contributed by atoms with Crippen LogP contribution in [0.2, 0.25) is 0 Å². The second-order valence-corrected chi connectivity index (χ2v) is 11.8. The number of imidazole rings is 2. The lowest BCUT2D eigenvalue weighted by atomic mass is 10.2. The van der Waals surface area contributed by atoms with E-state index in [1.165, 1.54) is 0 Å². The Kier molecular flexibility index (Phi) is 9.16. The Hall–Kier alpha value is -5.27. The maximum atomic E-state index is 13.4. The number of nitrogens with zero attached hydrogens (tertiary/aromatic N) is 10. The minimum atomic E-state index is -1.14. The number of amides is 1. The Morgan fingerprint density at radius 2 is 1.46 bits per heavy atom. The van der Waals surface area contributed by atoms with Gasteiger partial charge in [-0.05, 0) is 58.0 Å². The van der Waals surface area contributed by atoms with Crippen LogP contribution in [0.4, 0.5) is 0 Å². The molecule has 6 aromatic rings. The SMILES string of the molecule is CCn1nc(C)cc1C(=O)N=c1n(C)c2ccccc2n1C/C=C/Cn1/c(=N/C(O)c2cc(C)nn2CC)n(C)c2cccc(CO)c21. The summed E-state index contributed by atoms with van der Waals surface area (Å²) >= 11 is 0. The molecule has 0 aliphatic heterocycles. The first-order valence-corrected chi connectivity index (χ1v) is 16.1. The van der Waals surface area contributed by atoms with Crippen molar-refractivity contribution >= 4 is 28.0 Å². The van der Waals surface area contributed by atoms with Gasteiger partial charge in [0.25, 0.3) is 5.91 Å². The van der Waals surface area contributed by atoms with Gasteiger partial charge in [0.05, 0.1) is 45.8 Å². The van der Waals surface area contributed by atoms with E-state index in [4.69, 9.17) is 4.99 Å². The quantitative estimate of drug-likeness (QED) is 0.219. The van der Waals surface area contributed by atoms with Crippen molar-refractivity contribution in [2.75, 3.05) is 0 Å². The van der Waals surface area contributed by atoms with Crippen molar-refractivity contribution < 1.29 is 15.0 Å². The maximum Gasteiger partial charge on any atom is 0.298 e. The largest absolute Gasteiger partial charge is 0.392 e. The van der Waals surface area contributed by atoms with Crippen molar-refractivity contribution in [1.29, 1.82) is 0 Å². The number of benzene rings is 2. The van der Waals surface area contributed by atoms with Gasteiger partial charge in [0.15, 0.2) is 6.23 Å². The summed E-state index contributed by atoms with van der Waals surface area (Å²) in [6.45, 7) is 9.57. The molecule has 13 heteroatoms. The standard InChI is InChI=1S/C35H42N10O3/c1-7-44-29(20-23(3)38-44)32(47)36-34-40(5)26-15-9-10-16-27(26)42(34)18-11-12-19-43-31-25(22-46)14-13-17-28(31)41(6)35(43)37-33(48)30-21-24(4)39-45(30)8-2/h9-17,20-21,33,46,48H,7-8,18-19,22H2,1-6H3/b12-11+,36-34?,37-35+. The number of aryl methyl sites for hydroxylation is 6. The van der Waals surface area contributed by atoms with E-state index in [0.717, 1.165) is 39.0 Å². The van der Waals surface area contributed by atoms with Gasteiger partial charge in [-0.1, -0.05) is 36.4 Å². The molecule has 250 valence electrons. The summed E-state index contributed by atoms with van der Waals surface area (Å²) in [7, 11) is 3.81. The van der Waals surface area contributed by atoms with E-state index in [-0.39, 0.29) is 12.5 Å². The number of aromatic nitrogens is 8. The molecular formula is C35H42N10O3. The molecule has 2 aromatic carbocycles.